The highest BCUT2D eigenvalue weighted by atomic mass is 16.1. The predicted octanol–water partition coefficient (Wildman–Crippen LogP) is -0.659. The van der Waals surface area contributed by atoms with Crippen molar-refractivity contribution >= 4 is 11.7 Å². The fraction of sp³-hybridized carbons (Fsp3) is 0.333. The summed E-state index contributed by atoms with van der Waals surface area (Å²) >= 11 is 0. The van der Waals surface area contributed by atoms with Crippen LogP contribution in [0, 0.1) is 0 Å². The third-order valence-corrected chi connectivity index (χ3v) is 1.25. The molecular formula is C6H10N4O. The summed E-state index contributed by atoms with van der Waals surface area (Å²) in [6, 6.07) is 1.67. The molecule has 0 aliphatic carbocycles. The molecule has 1 amide bonds. The van der Waals surface area contributed by atoms with Crippen molar-refractivity contribution in [1.82, 2.24) is 9.78 Å². The van der Waals surface area contributed by atoms with Gasteiger partial charge < -0.3 is 11.5 Å². The number of anilines is 1. The van der Waals surface area contributed by atoms with E-state index in [1.54, 1.807) is 16.9 Å². The number of nitrogen functional groups attached to an aromatic ring is 1. The highest BCUT2D eigenvalue weighted by molar-refractivity contribution is 5.73. The number of amides is 1. The number of aryl methyl sites for hydroxylation is 1. The van der Waals surface area contributed by atoms with Crippen LogP contribution in [-0.4, -0.2) is 15.7 Å². The van der Waals surface area contributed by atoms with Crippen molar-refractivity contribution in [3.63, 3.8) is 0 Å². The van der Waals surface area contributed by atoms with Crippen LogP contribution in [0.2, 0.25) is 0 Å². The molecule has 1 aromatic rings. The Labute approximate surface area is 64.0 Å². The Kier molecular flexibility index (Phi) is 2.10. The molecule has 0 radical (unpaired) electrons. The lowest BCUT2D eigenvalue weighted by Crippen LogP contribution is -2.14. The maximum atomic E-state index is 10.3. The molecule has 0 atom stereocenters. The van der Waals surface area contributed by atoms with Crippen LogP contribution < -0.4 is 11.5 Å². The zero-order valence-corrected chi connectivity index (χ0v) is 6.03. The van der Waals surface area contributed by atoms with Crippen LogP contribution in [0.4, 0.5) is 5.82 Å². The number of aromatic nitrogens is 2. The second-order valence-corrected chi connectivity index (χ2v) is 2.22. The minimum absolute atomic E-state index is 0.293. The van der Waals surface area contributed by atoms with E-state index in [-0.39, 0.29) is 5.91 Å². The minimum Gasteiger partial charge on any atom is -0.382 e. The van der Waals surface area contributed by atoms with Gasteiger partial charge in [-0.15, -0.1) is 0 Å². The monoisotopic (exact) mass is 154 g/mol. The van der Waals surface area contributed by atoms with Gasteiger partial charge in [0.2, 0.25) is 5.91 Å². The summed E-state index contributed by atoms with van der Waals surface area (Å²) in [4.78, 5) is 10.3. The Morgan fingerprint density at radius 3 is 2.91 bits per heavy atom. The largest absolute Gasteiger partial charge is 0.382 e. The van der Waals surface area contributed by atoms with Gasteiger partial charge >= 0.3 is 0 Å². The van der Waals surface area contributed by atoms with Crippen molar-refractivity contribution in [2.24, 2.45) is 5.73 Å². The standard InChI is InChI=1S/C6H10N4O/c7-5-1-3-10(9-5)4-2-6(8)11/h1,3H,2,4H2,(H2,7,9)(H2,8,11). The summed E-state index contributed by atoms with van der Waals surface area (Å²) in [7, 11) is 0. The molecule has 11 heavy (non-hydrogen) atoms. The van der Waals surface area contributed by atoms with E-state index in [0.717, 1.165) is 0 Å². The molecule has 0 aliphatic heterocycles. The minimum atomic E-state index is -0.334. The van der Waals surface area contributed by atoms with Crippen LogP contribution in [0.3, 0.4) is 0 Å². The molecule has 5 heteroatoms. The Morgan fingerprint density at radius 2 is 2.45 bits per heavy atom. The average molecular weight is 154 g/mol. The van der Waals surface area contributed by atoms with Crippen LogP contribution in [-0.2, 0) is 11.3 Å². The predicted molar refractivity (Wildman–Crippen MR) is 40.5 cm³/mol. The van der Waals surface area contributed by atoms with E-state index >= 15 is 0 Å². The molecule has 4 N–H and O–H groups in total. The summed E-state index contributed by atoms with van der Waals surface area (Å²) in [5.41, 5.74) is 10.3. The van der Waals surface area contributed by atoms with Crippen molar-refractivity contribution in [3.8, 4) is 0 Å². The second kappa shape index (κ2) is 3.05. The quantitative estimate of drug-likeness (QED) is 0.606. The number of nitrogens with two attached hydrogens (primary N) is 2. The fourth-order valence-electron chi connectivity index (χ4n) is 0.727. The Bertz CT molecular complexity index is 255. The summed E-state index contributed by atoms with van der Waals surface area (Å²) in [5.74, 6) is 0.119. The first-order chi connectivity index (χ1) is 5.18. The van der Waals surface area contributed by atoms with E-state index in [0.29, 0.717) is 18.8 Å². The normalized spacial score (nSPS) is 9.82. The van der Waals surface area contributed by atoms with Crippen molar-refractivity contribution < 1.29 is 4.79 Å². The highest BCUT2D eigenvalue weighted by Crippen LogP contribution is 1.96. The summed E-state index contributed by atoms with van der Waals surface area (Å²) in [5, 5.41) is 3.87. The number of hydrogen-bond donors (Lipinski definition) is 2. The van der Waals surface area contributed by atoms with Crippen molar-refractivity contribution in [2.75, 3.05) is 5.73 Å². The highest BCUT2D eigenvalue weighted by Gasteiger charge is 1.96. The second-order valence-electron chi connectivity index (χ2n) is 2.22. The Balaban J connectivity index is 2.45. The third-order valence-electron chi connectivity index (χ3n) is 1.25. The van der Waals surface area contributed by atoms with Crippen LogP contribution in [0.5, 0.6) is 0 Å². The molecule has 1 heterocycles. The van der Waals surface area contributed by atoms with Gasteiger partial charge in [-0.3, -0.25) is 9.48 Å². The molecule has 0 bridgehead atoms. The first kappa shape index (κ1) is 7.59. The number of carbonyl (C=O) groups excluding carboxylic acids is 1. The fourth-order valence-corrected chi connectivity index (χ4v) is 0.727. The number of hydrogen-bond acceptors (Lipinski definition) is 3. The van der Waals surface area contributed by atoms with E-state index in [9.17, 15) is 4.79 Å². The first-order valence-corrected chi connectivity index (χ1v) is 3.26. The number of carbonyl (C=O) groups is 1. The third kappa shape index (κ3) is 2.29. The summed E-state index contributed by atoms with van der Waals surface area (Å²) in [6.45, 7) is 0.493. The molecule has 0 aliphatic rings. The van der Waals surface area contributed by atoms with Gasteiger partial charge in [0.15, 0.2) is 0 Å². The molecule has 0 aromatic carbocycles. The van der Waals surface area contributed by atoms with Gasteiger partial charge in [0.05, 0.1) is 0 Å². The van der Waals surface area contributed by atoms with Crippen molar-refractivity contribution in [2.45, 2.75) is 13.0 Å². The molecule has 0 unspecified atom stereocenters. The average Bonchev–Trinajstić information content (AvgIpc) is 2.31. The van der Waals surface area contributed by atoms with Gasteiger partial charge in [-0.25, -0.2) is 0 Å². The van der Waals surface area contributed by atoms with Crippen LogP contribution in [0.15, 0.2) is 12.3 Å². The summed E-state index contributed by atoms with van der Waals surface area (Å²) in [6.07, 6.45) is 2.00. The topological polar surface area (TPSA) is 86.9 Å². The smallest absolute Gasteiger partial charge is 0.219 e. The van der Waals surface area contributed by atoms with E-state index in [1.807, 2.05) is 0 Å². The molecule has 60 valence electrons. The lowest BCUT2D eigenvalue weighted by atomic mass is 10.4. The molecule has 0 fully saturated rings. The molecule has 0 spiro atoms. The Morgan fingerprint density at radius 1 is 1.73 bits per heavy atom. The van der Waals surface area contributed by atoms with Crippen LogP contribution in [0.1, 0.15) is 6.42 Å². The SMILES string of the molecule is NC(=O)CCn1ccc(N)n1. The van der Waals surface area contributed by atoms with Crippen LogP contribution in [0.25, 0.3) is 0 Å². The molecular weight excluding hydrogens is 144 g/mol. The van der Waals surface area contributed by atoms with E-state index in [1.165, 1.54) is 0 Å². The van der Waals surface area contributed by atoms with Gasteiger partial charge in [-0.2, -0.15) is 5.10 Å². The maximum absolute atomic E-state index is 10.3. The zero-order chi connectivity index (χ0) is 8.27. The van der Waals surface area contributed by atoms with Gasteiger partial charge in [-0.05, 0) is 6.07 Å². The van der Waals surface area contributed by atoms with Gasteiger partial charge in [-0.1, -0.05) is 0 Å². The van der Waals surface area contributed by atoms with E-state index in [4.69, 9.17) is 11.5 Å². The van der Waals surface area contributed by atoms with Gasteiger partial charge in [0.25, 0.3) is 0 Å². The van der Waals surface area contributed by atoms with E-state index < -0.39 is 0 Å². The molecule has 0 saturated carbocycles. The van der Waals surface area contributed by atoms with E-state index in [2.05, 4.69) is 5.10 Å². The molecule has 1 rings (SSSR count). The molecule has 5 nitrogen and oxygen atoms in total. The number of rotatable bonds is 3. The van der Waals surface area contributed by atoms with Gasteiger partial charge in [0.1, 0.15) is 5.82 Å². The Hall–Kier alpha value is -1.52. The lowest BCUT2D eigenvalue weighted by Gasteiger charge is -1.96. The molecule has 0 saturated heterocycles. The lowest BCUT2D eigenvalue weighted by molar-refractivity contribution is -0.118. The maximum Gasteiger partial charge on any atom is 0.219 e. The zero-order valence-electron chi connectivity index (χ0n) is 6.03. The first-order valence-electron chi connectivity index (χ1n) is 3.26. The number of primary amides is 1. The molecule has 1 aromatic heterocycles. The van der Waals surface area contributed by atoms with Crippen molar-refractivity contribution in [1.29, 1.82) is 0 Å². The van der Waals surface area contributed by atoms with Crippen molar-refractivity contribution in [3.05, 3.63) is 12.3 Å². The summed E-state index contributed by atoms with van der Waals surface area (Å²) < 4.78 is 1.58. The van der Waals surface area contributed by atoms with Gasteiger partial charge in [0, 0.05) is 19.2 Å². The van der Waals surface area contributed by atoms with Crippen LogP contribution >= 0.6 is 0 Å². The number of nitrogens with zero attached hydrogens (tertiary/aromatic N) is 2.